The number of rotatable bonds is 7. The molecular formula is C24H34N4O4S. The van der Waals surface area contributed by atoms with Gasteiger partial charge in [-0.15, -0.1) is 11.3 Å². The van der Waals surface area contributed by atoms with Gasteiger partial charge in [-0.3, -0.25) is 9.69 Å². The summed E-state index contributed by atoms with van der Waals surface area (Å²) in [5.74, 6) is 1.11. The number of carbonyl (C=O) groups is 1. The number of carbonyl (C=O) groups excluding carboxylic acids is 1. The first-order valence-electron chi connectivity index (χ1n) is 12.1. The monoisotopic (exact) mass is 474 g/mol. The number of nitrogens with one attached hydrogen (secondary N) is 1. The Kier molecular flexibility index (Phi) is 6.74. The van der Waals surface area contributed by atoms with Gasteiger partial charge < -0.3 is 25.6 Å². The lowest BCUT2D eigenvalue weighted by Gasteiger charge is -2.38. The Hall–Kier alpha value is -1.94. The van der Waals surface area contributed by atoms with Gasteiger partial charge in [0.25, 0.3) is 0 Å². The van der Waals surface area contributed by atoms with Crippen LogP contribution in [0.2, 0.25) is 0 Å². The van der Waals surface area contributed by atoms with Crippen LogP contribution in [0, 0.1) is 0 Å². The lowest BCUT2D eigenvalue weighted by atomic mass is 9.91. The Morgan fingerprint density at radius 3 is 2.79 bits per heavy atom. The van der Waals surface area contributed by atoms with Gasteiger partial charge in [-0.2, -0.15) is 0 Å². The number of pyridine rings is 1. The maximum Gasteiger partial charge on any atom is 0.246 e. The van der Waals surface area contributed by atoms with Gasteiger partial charge >= 0.3 is 0 Å². The Morgan fingerprint density at radius 2 is 2.09 bits per heavy atom. The molecule has 3 aliphatic rings. The van der Waals surface area contributed by atoms with Gasteiger partial charge in [0.1, 0.15) is 22.5 Å². The second-order valence-electron chi connectivity index (χ2n) is 9.46. The van der Waals surface area contributed by atoms with Gasteiger partial charge in [0.2, 0.25) is 5.91 Å². The van der Waals surface area contributed by atoms with Gasteiger partial charge in [-0.25, -0.2) is 4.98 Å². The molecule has 8 nitrogen and oxygen atoms in total. The van der Waals surface area contributed by atoms with E-state index in [4.69, 9.17) is 20.2 Å². The van der Waals surface area contributed by atoms with Crippen molar-refractivity contribution in [1.29, 1.82) is 0 Å². The van der Waals surface area contributed by atoms with Crippen molar-refractivity contribution in [3.63, 3.8) is 0 Å². The highest BCUT2D eigenvalue weighted by atomic mass is 32.1. The molecule has 1 saturated heterocycles. The highest BCUT2D eigenvalue weighted by Gasteiger charge is 2.34. The molecule has 1 saturated carbocycles. The lowest BCUT2D eigenvalue weighted by Crippen LogP contribution is -2.46. The zero-order valence-electron chi connectivity index (χ0n) is 19.2. The molecule has 33 heavy (non-hydrogen) atoms. The number of fused-ring (bicyclic) bond motifs is 3. The predicted octanol–water partition coefficient (Wildman–Crippen LogP) is 2.63. The molecule has 2 aliphatic carbocycles. The van der Waals surface area contributed by atoms with Gasteiger partial charge in [-0.1, -0.05) is 0 Å². The van der Waals surface area contributed by atoms with Crippen LogP contribution in [0.4, 0.5) is 5.82 Å². The number of primary amides is 1. The Labute approximate surface area is 198 Å². The summed E-state index contributed by atoms with van der Waals surface area (Å²) in [7, 11) is 1.87. The topological polar surface area (TPSA) is 110 Å². The zero-order valence-corrected chi connectivity index (χ0v) is 20.0. The highest BCUT2D eigenvalue weighted by molar-refractivity contribution is 7.19. The quantitative estimate of drug-likeness (QED) is 0.566. The summed E-state index contributed by atoms with van der Waals surface area (Å²) in [5, 5.41) is 14.4. The molecule has 2 aromatic rings. The van der Waals surface area contributed by atoms with E-state index >= 15 is 0 Å². The molecule has 2 fully saturated rings. The number of hydrogen-bond acceptors (Lipinski definition) is 8. The first-order chi connectivity index (χ1) is 16.0. The zero-order chi connectivity index (χ0) is 22.9. The van der Waals surface area contributed by atoms with Gasteiger partial charge in [-0.05, 0) is 56.4 Å². The summed E-state index contributed by atoms with van der Waals surface area (Å²) in [4.78, 5) is 21.1. The van der Waals surface area contributed by atoms with E-state index in [1.54, 1.807) is 11.3 Å². The van der Waals surface area contributed by atoms with Crippen molar-refractivity contribution in [2.45, 2.75) is 69.1 Å². The molecule has 1 amide bonds. The fourth-order valence-electron chi connectivity index (χ4n) is 5.69. The van der Waals surface area contributed by atoms with E-state index in [-0.39, 0.29) is 12.0 Å². The number of nitrogens with zero attached hydrogens (tertiary/aromatic N) is 2. The van der Waals surface area contributed by atoms with E-state index in [1.807, 2.05) is 13.1 Å². The maximum atomic E-state index is 11.5. The van der Waals surface area contributed by atoms with E-state index in [1.165, 1.54) is 10.4 Å². The molecule has 2 aromatic heterocycles. The minimum absolute atomic E-state index is 0.0953. The summed E-state index contributed by atoms with van der Waals surface area (Å²) in [6.07, 6.45) is 5.63. The molecule has 4 N–H and O–H groups in total. The van der Waals surface area contributed by atoms with Crippen molar-refractivity contribution in [1.82, 2.24) is 9.88 Å². The first-order valence-corrected chi connectivity index (χ1v) is 12.9. The molecule has 0 bridgehead atoms. The lowest BCUT2D eigenvalue weighted by molar-refractivity contribution is -0.126. The molecular weight excluding hydrogens is 440 g/mol. The minimum Gasteiger partial charge on any atom is -0.490 e. The summed E-state index contributed by atoms with van der Waals surface area (Å²) in [6, 6.07) is 2.63. The smallest absolute Gasteiger partial charge is 0.246 e. The number of aliphatic hydroxyl groups excluding tert-OH is 1. The number of anilines is 1. The number of aliphatic hydroxyl groups is 1. The average molecular weight is 475 g/mol. The predicted molar refractivity (Wildman–Crippen MR) is 129 cm³/mol. The number of ether oxygens (including phenoxy) is 2. The molecule has 180 valence electrons. The van der Waals surface area contributed by atoms with E-state index < -0.39 is 12.0 Å². The fourth-order valence-corrected chi connectivity index (χ4v) is 6.98. The number of aryl methyl sites for hydroxylation is 1. The molecule has 0 aromatic carbocycles. The number of aromatic nitrogens is 1. The van der Waals surface area contributed by atoms with Crippen molar-refractivity contribution in [3.05, 3.63) is 16.5 Å². The van der Waals surface area contributed by atoms with Crippen LogP contribution in [-0.2, 0) is 16.0 Å². The van der Waals surface area contributed by atoms with E-state index in [2.05, 4.69) is 10.2 Å². The SMILES string of the molecule is CNc1cc(O[C@H]2CC[C@H](N3CCOCC3)CC2)c2c3c(sc2n1)CC[C@@H]3C[C@@H](O)C(N)=O. The molecule has 0 spiro atoms. The molecule has 1 aliphatic heterocycles. The van der Waals surface area contributed by atoms with Crippen molar-refractivity contribution < 1.29 is 19.4 Å². The van der Waals surface area contributed by atoms with Crippen molar-refractivity contribution in [2.24, 2.45) is 5.73 Å². The normalized spacial score (nSPS) is 26.8. The molecule has 3 heterocycles. The van der Waals surface area contributed by atoms with E-state index in [0.29, 0.717) is 12.5 Å². The summed E-state index contributed by atoms with van der Waals surface area (Å²) >= 11 is 1.70. The van der Waals surface area contributed by atoms with Crippen LogP contribution in [0.1, 0.15) is 54.9 Å². The largest absolute Gasteiger partial charge is 0.490 e. The second kappa shape index (κ2) is 9.74. The Morgan fingerprint density at radius 1 is 1.33 bits per heavy atom. The third kappa shape index (κ3) is 4.69. The van der Waals surface area contributed by atoms with Gasteiger partial charge in [0.15, 0.2) is 0 Å². The number of thiophene rings is 1. The Balaban J connectivity index is 1.37. The van der Waals surface area contributed by atoms with Gasteiger partial charge in [0.05, 0.1) is 24.7 Å². The average Bonchev–Trinajstić information content (AvgIpc) is 3.39. The van der Waals surface area contributed by atoms with Crippen LogP contribution < -0.4 is 15.8 Å². The molecule has 9 heteroatoms. The highest BCUT2D eigenvalue weighted by Crippen LogP contribution is 2.49. The van der Waals surface area contributed by atoms with Crippen LogP contribution in [0.3, 0.4) is 0 Å². The van der Waals surface area contributed by atoms with E-state index in [9.17, 15) is 9.90 Å². The third-order valence-electron chi connectivity index (χ3n) is 7.46. The summed E-state index contributed by atoms with van der Waals surface area (Å²) in [6.45, 7) is 3.75. The molecule has 5 rings (SSSR count). The number of hydrogen-bond donors (Lipinski definition) is 3. The Bertz CT molecular complexity index is 998. The number of amides is 1. The molecule has 2 atom stereocenters. The van der Waals surface area contributed by atoms with Gasteiger partial charge in [0, 0.05) is 37.1 Å². The minimum atomic E-state index is -1.12. The van der Waals surface area contributed by atoms with E-state index in [0.717, 1.165) is 86.6 Å². The van der Waals surface area contributed by atoms with Crippen LogP contribution in [0.15, 0.2) is 6.07 Å². The van der Waals surface area contributed by atoms with Crippen molar-refractivity contribution >= 4 is 33.3 Å². The first kappa shape index (κ1) is 22.8. The summed E-state index contributed by atoms with van der Waals surface area (Å²) in [5.41, 5.74) is 6.53. The van der Waals surface area contributed by atoms with Crippen LogP contribution >= 0.6 is 11.3 Å². The second-order valence-corrected chi connectivity index (χ2v) is 10.5. The molecule has 0 unspecified atom stereocenters. The van der Waals surface area contributed by atoms with Crippen LogP contribution in [0.25, 0.3) is 10.2 Å². The third-order valence-corrected chi connectivity index (χ3v) is 8.62. The van der Waals surface area contributed by atoms with Crippen LogP contribution in [0.5, 0.6) is 5.75 Å². The standard InChI is InChI=1S/C24H34N4O4S/c1-26-20-13-18(32-16-5-3-15(4-6-16)28-8-10-31-11-9-28)22-21-14(12-17(29)23(25)30)2-7-19(21)33-24(22)27-20/h13-17,29H,2-12H2,1H3,(H2,25,30)(H,26,27)/t14-,15-,16-,17-/m1/s1. The fraction of sp³-hybridized carbons (Fsp3) is 0.667. The van der Waals surface area contributed by atoms with Crippen LogP contribution in [-0.4, -0.2) is 72.5 Å². The number of morpholine rings is 1. The van der Waals surface area contributed by atoms with Crippen molar-refractivity contribution in [2.75, 3.05) is 38.7 Å². The van der Waals surface area contributed by atoms with Crippen molar-refractivity contribution in [3.8, 4) is 5.75 Å². The maximum absolute atomic E-state index is 11.5. The molecule has 0 radical (unpaired) electrons. The summed E-state index contributed by atoms with van der Waals surface area (Å²) < 4.78 is 12.2. The number of nitrogens with two attached hydrogens (primary N) is 1.